The molecule has 34 heavy (non-hydrogen) atoms. The van der Waals surface area contributed by atoms with Crippen LogP contribution in [0.5, 0.6) is 0 Å². The molecular weight excluding hydrogens is 408 g/mol. The predicted molar refractivity (Wildman–Crippen MR) is 147 cm³/mol. The zero-order valence-corrected chi connectivity index (χ0v) is 18.7. The van der Waals surface area contributed by atoms with Gasteiger partial charge in [-0.15, -0.1) is 0 Å². The third kappa shape index (κ3) is 2.93. The highest BCUT2D eigenvalue weighted by molar-refractivity contribution is 6.29. The van der Waals surface area contributed by atoms with Crippen LogP contribution in [-0.2, 0) is 0 Å². The smallest absolute Gasteiger partial charge is 0.00199 e. The van der Waals surface area contributed by atoms with Crippen molar-refractivity contribution in [2.75, 3.05) is 0 Å². The second-order valence-corrected chi connectivity index (χ2v) is 8.97. The van der Waals surface area contributed by atoms with E-state index in [4.69, 9.17) is 0 Å². The lowest BCUT2D eigenvalue weighted by Gasteiger charge is -2.17. The van der Waals surface area contributed by atoms with Crippen LogP contribution in [0.2, 0.25) is 0 Å². The number of fused-ring (bicyclic) bond motifs is 7. The SMILES string of the molecule is c1ccc(-c2cc(-c3ccc4ccccc4c3)cc3c4ccccc4c4ccccc4c23)cc1. The number of benzene rings is 7. The first kappa shape index (κ1) is 19.1. The summed E-state index contributed by atoms with van der Waals surface area (Å²) in [6, 6.07) is 48.6. The van der Waals surface area contributed by atoms with E-state index in [2.05, 4.69) is 133 Å². The van der Waals surface area contributed by atoms with Crippen LogP contribution in [0.3, 0.4) is 0 Å². The first-order chi connectivity index (χ1) is 16.9. The van der Waals surface area contributed by atoms with E-state index < -0.39 is 0 Å². The summed E-state index contributed by atoms with van der Waals surface area (Å²) in [6.45, 7) is 0. The zero-order valence-electron chi connectivity index (χ0n) is 18.7. The standard InChI is InChI=1S/C34H22/c1-2-11-24(12-3-1)32-21-27(26-19-18-23-10-4-5-13-25(23)20-26)22-33-30-16-7-6-14-28(30)29-15-8-9-17-31(29)34(32)33/h1-22H. The maximum Gasteiger partial charge on any atom is -0.00199 e. The average molecular weight is 431 g/mol. The number of rotatable bonds is 2. The lowest BCUT2D eigenvalue weighted by atomic mass is 9.86. The van der Waals surface area contributed by atoms with E-state index >= 15 is 0 Å². The molecule has 0 radical (unpaired) electrons. The van der Waals surface area contributed by atoms with Gasteiger partial charge in [-0.1, -0.05) is 115 Å². The molecule has 0 amide bonds. The van der Waals surface area contributed by atoms with Gasteiger partial charge in [-0.3, -0.25) is 0 Å². The average Bonchev–Trinajstić information content (AvgIpc) is 2.93. The summed E-state index contributed by atoms with van der Waals surface area (Å²) in [5.74, 6) is 0. The van der Waals surface area contributed by atoms with Crippen LogP contribution in [0.25, 0.3) is 65.3 Å². The van der Waals surface area contributed by atoms with Crippen molar-refractivity contribution in [1.82, 2.24) is 0 Å². The van der Waals surface area contributed by atoms with Gasteiger partial charge >= 0.3 is 0 Å². The topological polar surface area (TPSA) is 0 Å². The van der Waals surface area contributed by atoms with Gasteiger partial charge in [0.2, 0.25) is 0 Å². The third-order valence-corrected chi connectivity index (χ3v) is 7.01. The van der Waals surface area contributed by atoms with Gasteiger partial charge in [-0.2, -0.15) is 0 Å². The van der Waals surface area contributed by atoms with Crippen molar-refractivity contribution in [3.8, 4) is 22.3 Å². The third-order valence-electron chi connectivity index (χ3n) is 7.01. The van der Waals surface area contributed by atoms with Crippen LogP contribution >= 0.6 is 0 Å². The summed E-state index contributed by atoms with van der Waals surface area (Å²) < 4.78 is 0. The molecule has 0 aliphatic heterocycles. The summed E-state index contributed by atoms with van der Waals surface area (Å²) in [5, 5.41) is 10.4. The summed E-state index contributed by atoms with van der Waals surface area (Å²) in [4.78, 5) is 0. The Balaban J connectivity index is 1.66. The van der Waals surface area contributed by atoms with Gasteiger partial charge in [0.25, 0.3) is 0 Å². The Hall–Kier alpha value is -4.42. The van der Waals surface area contributed by atoms with E-state index in [-0.39, 0.29) is 0 Å². The number of hydrogen-bond donors (Lipinski definition) is 0. The molecule has 0 aromatic heterocycles. The minimum absolute atomic E-state index is 1.25. The van der Waals surface area contributed by atoms with E-state index in [0.29, 0.717) is 0 Å². The van der Waals surface area contributed by atoms with Crippen molar-refractivity contribution >= 4 is 43.1 Å². The van der Waals surface area contributed by atoms with Gasteiger partial charge in [-0.25, -0.2) is 0 Å². The predicted octanol–water partition coefficient (Wildman–Crippen LogP) is 9.63. The fourth-order valence-corrected chi connectivity index (χ4v) is 5.41. The molecule has 0 heterocycles. The molecular formula is C34H22. The highest BCUT2D eigenvalue weighted by atomic mass is 14.2. The molecule has 7 aromatic carbocycles. The first-order valence-corrected chi connectivity index (χ1v) is 11.8. The van der Waals surface area contributed by atoms with Crippen molar-refractivity contribution in [3.63, 3.8) is 0 Å². The van der Waals surface area contributed by atoms with Crippen molar-refractivity contribution in [2.45, 2.75) is 0 Å². The monoisotopic (exact) mass is 430 g/mol. The van der Waals surface area contributed by atoms with E-state index in [9.17, 15) is 0 Å². The molecule has 0 spiro atoms. The largest absolute Gasteiger partial charge is 0.0622 e. The molecule has 7 rings (SSSR count). The Morgan fingerprint density at radius 2 is 0.882 bits per heavy atom. The second-order valence-electron chi connectivity index (χ2n) is 8.97. The Morgan fingerprint density at radius 1 is 0.294 bits per heavy atom. The highest BCUT2D eigenvalue weighted by Gasteiger charge is 2.15. The molecule has 0 heteroatoms. The van der Waals surface area contributed by atoms with Crippen molar-refractivity contribution in [3.05, 3.63) is 133 Å². The Morgan fingerprint density at radius 3 is 1.65 bits per heavy atom. The summed E-state index contributed by atoms with van der Waals surface area (Å²) >= 11 is 0. The molecule has 0 saturated carbocycles. The zero-order chi connectivity index (χ0) is 22.5. The van der Waals surface area contributed by atoms with Gasteiger partial charge in [0.05, 0.1) is 0 Å². The molecule has 158 valence electrons. The maximum absolute atomic E-state index is 2.39. The van der Waals surface area contributed by atoms with Crippen LogP contribution in [0, 0.1) is 0 Å². The van der Waals surface area contributed by atoms with Crippen molar-refractivity contribution in [1.29, 1.82) is 0 Å². The van der Waals surface area contributed by atoms with E-state index in [0.717, 1.165) is 0 Å². The molecule has 7 aromatic rings. The Labute approximate surface area is 198 Å². The van der Waals surface area contributed by atoms with Crippen molar-refractivity contribution < 1.29 is 0 Å². The molecule has 0 aliphatic rings. The summed E-state index contributed by atoms with van der Waals surface area (Å²) in [5.41, 5.74) is 5.02. The minimum atomic E-state index is 1.25. The maximum atomic E-state index is 2.39. The first-order valence-electron chi connectivity index (χ1n) is 11.8. The Kier molecular flexibility index (Phi) is 4.25. The normalized spacial score (nSPS) is 11.5. The van der Waals surface area contributed by atoms with E-state index in [1.165, 1.54) is 65.3 Å². The minimum Gasteiger partial charge on any atom is -0.0622 e. The van der Waals surface area contributed by atoms with Crippen LogP contribution in [-0.4, -0.2) is 0 Å². The highest BCUT2D eigenvalue weighted by Crippen LogP contribution is 2.42. The van der Waals surface area contributed by atoms with Crippen molar-refractivity contribution in [2.24, 2.45) is 0 Å². The fourth-order valence-electron chi connectivity index (χ4n) is 5.41. The molecule has 0 atom stereocenters. The van der Waals surface area contributed by atoms with E-state index in [1.807, 2.05) is 0 Å². The van der Waals surface area contributed by atoms with Gasteiger partial charge in [0.15, 0.2) is 0 Å². The second kappa shape index (κ2) is 7.57. The lowest BCUT2D eigenvalue weighted by molar-refractivity contribution is 1.64. The summed E-state index contributed by atoms with van der Waals surface area (Å²) in [6.07, 6.45) is 0. The quantitative estimate of drug-likeness (QED) is 0.239. The molecule has 0 aliphatic carbocycles. The van der Waals surface area contributed by atoms with Gasteiger partial charge in [0, 0.05) is 0 Å². The van der Waals surface area contributed by atoms with E-state index in [1.54, 1.807) is 0 Å². The lowest BCUT2D eigenvalue weighted by Crippen LogP contribution is -1.89. The molecule has 0 fully saturated rings. The van der Waals surface area contributed by atoms with Gasteiger partial charge in [-0.05, 0) is 83.5 Å². The van der Waals surface area contributed by atoms with Crippen LogP contribution in [0.4, 0.5) is 0 Å². The molecule has 0 N–H and O–H groups in total. The molecule has 0 nitrogen and oxygen atoms in total. The fraction of sp³-hybridized carbons (Fsp3) is 0. The molecule has 0 bridgehead atoms. The Bertz CT molecular complexity index is 1840. The van der Waals surface area contributed by atoms with Crippen LogP contribution in [0.15, 0.2) is 133 Å². The molecule has 0 unspecified atom stereocenters. The van der Waals surface area contributed by atoms with Gasteiger partial charge in [0.1, 0.15) is 0 Å². The van der Waals surface area contributed by atoms with Crippen LogP contribution in [0.1, 0.15) is 0 Å². The van der Waals surface area contributed by atoms with Gasteiger partial charge < -0.3 is 0 Å². The van der Waals surface area contributed by atoms with Crippen LogP contribution < -0.4 is 0 Å². The number of hydrogen-bond acceptors (Lipinski definition) is 0. The molecule has 0 saturated heterocycles. The summed E-state index contributed by atoms with van der Waals surface area (Å²) in [7, 11) is 0.